The Morgan fingerprint density at radius 2 is 2.00 bits per heavy atom. The number of carbonyl (C=O) groups is 1. The van der Waals surface area contributed by atoms with Crippen LogP contribution in [0.4, 0.5) is 5.69 Å². The Hall–Kier alpha value is -1.06. The maximum absolute atomic E-state index is 12.9. The molecule has 4 rings (SSSR count). The number of rotatable bonds is 1. The first-order valence-corrected chi connectivity index (χ1v) is 7.86. The second kappa shape index (κ2) is 5.29. The molecule has 2 saturated carbocycles. The highest BCUT2D eigenvalue weighted by molar-refractivity contribution is 5.98. The number of benzene rings is 1. The predicted molar refractivity (Wildman–Crippen MR) is 86.9 cm³/mol. The maximum atomic E-state index is 12.9. The summed E-state index contributed by atoms with van der Waals surface area (Å²) >= 11 is 0. The van der Waals surface area contributed by atoms with Crippen LogP contribution in [-0.2, 0) is 10.2 Å². The van der Waals surface area contributed by atoms with Crippen LogP contribution in [0.25, 0.3) is 0 Å². The van der Waals surface area contributed by atoms with E-state index in [-0.39, 0.29) is 24.4 Å². The summed E-state index contributed by atoms with van der Waals surface area (Å²) in [7, 11) is 0. The Morgan fingerprint density at radius 1 is 1.24 bits per heavy atom. The average molecular weight is 307 g/mol. The molecule has 2 aliphatic carbocycles. The molecule has 3 nitrogen and oxygen atoms in total. The van der Waals surface area contributed by atoms with Crippen LogP contribution in [0.3, 0.4) is 0 Å². The summed E-state index contributed by atoms with van der Waals surface area (Å²) in [6, 6.07) is 8.69. The fraction of sp³-hybridized carbons (Fsp3) is 0.588. The third-order valence-corrected chi connectivity index (χ3v) is 5.41. The van der Waals surface area contributed by atoms with Gasteiger partial charge in [0, 0.05) is 29.6 Å². The quantitative estimate of drug-likeness (QED) is 0.867. The van der Waals surface area contributed by atoms with Crippen molar-refractivity contribution in [2.45, 2.75) is 50.0 Å². The first-order valence-electron chi connectivity index (χ1n) is 7.86. The highest BCUT2D eigenvalue weighted by Crippen LogP contribution is 2.56. The molecule has 1 aromatic carbocycles. The SMILES string of the molecule is Cl.NC1CCCC(C(=O)N2CC3(CC3)c3ccccc32)C1. The molecule has 1 amide bonds. The van der Waals surface area contributed by atoms with E-state index in [0.717, 1.165) is 37.9 Å². The Labute approximate surface area is 132 Å². The number of para-hydroxylation sites is 1. The van der Waals surface area contributed by atoms with Crippen molar-refractivity contribution in [1.82, 2.24) is 0 Å². The molecule has 0 radical (unpaired) electrons. The molecule has 1 aliphatic heterocycles. The lowest BCUT2D eigenvalue weighted by atomic mass is 9.85. The number of hydrogen-bond acceptors (Lipinski definition) is 2. The monoisotopic (exact) mass is 306 g/mol. The lowest BCUT2D eigenvalue weighted by molar-refractivity contribution is -0.123. The Kier molecular flexibility index (Phi) is 3.74. The van der Waals surface area contributed by atoms with Crippen molar-refractivity contribution in [3.8, 4) is 0 Å². The lowest BCUT2D eigenvalue weighted by Gasteiger charge is -2.29. The summed E-state index contributed by atoms with van der Waals surface area (Å²) in [6.07, 6.45) is 6.52. The van der Waals surface area contributed by atoms with Crippen molar-refractivity contribution in [2.75, 3.05) is 11.4 Å². The van der Waals surface area contributed by atoms with E-state index in [2.05, 4.69) is 23.1 Å². The molecule has 0 aromatic heterocycles. The Balaban J connectivity index is 0.00000132. The van der Waals surface area contributed by atoms with E-state index in [0.29, 0.717) is 11.3 Å². The van der Waals surface area contributed by atoms with Crippen LogP contribution >= 0.6 is 12.4 Å². The molecule has 2 unspecified atom stereocenters. The van der Waals surface area contributed by atoms with Crippen molar-refractivity contribution >= 4 is 24.0 Å². The first-order chi connectivity index (χ1) is 9.70. The largest absolute Gasteiger partial charge is 0.328 e. The highest BCUT2D eigenvalue weighted by atomic mass is 35.5. The fourth-order valence-corrected chi connectivity index (χ4v) is 4.08. The lowest BCUT2D eigenvalue weighted by Crippen LogP contribution is -2.41. The van der Waals surface area contributed by atoms with Gasteiger partial charge < -0.3 is 10.6 Å². The number of halogens is 1. The van der Waals surface area contributed by atoms with Gasteiger partial charge in [0.1, 0.15) is 0 Å². The van der Waals surface area contributed by atoms with Gasteiger partial charge in [-0.25, -0.2) is 0 Å². The molecule has 4 heteroatoms. The second-order valence-corrected chi connectivity index (χ2v) is 6.85. The molecule has 21 heavy (non-hydrogen) atoms. The van der Waals surface area contributed by atoms with E-state index >= 15 is 0 Å². The normalized spacial score (nSPS) is 28.9. The third kappa shape index (κ3) is 2.36. The van der Waals surface area contributed by atoms with Crippen LogP contribution in [0.15, 0.2) is 24.3 Å². The zero-order valence-corrected chi connectivity index (χ0v) is 13.1. The molecule has 0 bridgehead atoms. The van der Waals surface area contributed by atoms with Crippen LogP contribution < -0.4 is 10.6 Å². The van der Waals surface area contributed by atoms with Crippen LogP contribution in [0, 0.1) is 5.92 Å². The van der Waals surface area contributed by atoms with Gasteiger partial charge in [0.25, 0.3) is 0 Å². The minimum atomic E-state index is 0. The van der Waals surface area contributed by atoms with Gasteiger partial charge in [-0.3, -0.25) is 4.79 Å². The number of hydrogen-bond donors (Lipinski definition) is 1. The number of carbonyl (C=O) groups excluding carboxylic acids is 1. The van der Waals surface area contributed by atoms with Gasteiger partial charge >= 0.3 is 0 Å². The maximum Gasteiger partial charge on any atom is 0.230 e. The molecular formula is C17H23ClN2O. The van der Waals surface area contributed by atoms with Gasteiger partial charge in [-0.2, -0.15) is 0 Å². The summed E-state index contributed by atoms with van der Waals surface area (Å²) in [4.78, 5) is 15.0. The summed E-state index contributed by atoms with van der Waals surface area (Å²) < 4.78 is 0. The van der Waals surface area contributed by atoms with E-state index < -0.39 is 0 Å². The third-order valence-electron chi connectivity index (χ3n) is 5.41. The van der Waals surface area contributed by atoms with Gasteiger partial charge in [-0.15, -0.1) is 12.4 Å². The molecular weight excluding hydrogens is 284 g/mol. The molecule has 2 fully saturated rings. The van der Waals surface area contributed by atoms with E-state index in [1.54, 1.807) is 0 Å². The summed E-state index contributed by atoms with van der Waals surface area (Å²) in [5.41, 5.74) is 8.90. The van der Waals surface area contributed by atoms with Gasteiger partial charge in [0.05, 0.1) is 0 Å². The molecule has 1 aromatic rings. The number of anilines is 1. The topological polar surface area (TPSA) is 46.3 Å². The smallest absolute Gasteiger partial charge is 0.230 e. The highest BCUT2D eigenvalue weighted by Gasteiger charge is 2.53. The average Bonchev–Trinajstić information content (AvgIpc) is 3.17. The molecule has 0 saturated heterocycles. The minimum absolute atomic E-state index is 0. The minimum Gasteiger partial charge on any atom is -0.328 e. The first kappa shape index (κ1) is 14.9. The van der Waals surface area contributed by atoms with Crippen LogP contribution in [0.2, 0.25) is 0 Å². The number of nitrogens with zero attached hydrogens (tertiary/aromatic N) is 1. The number of nitrogens with two attached hydrogens (primary N) is 1. The number of fused-ring (bicyclic) bond motifs is 2. The summed E-state index contributed by atoms with van der Waals surface area (Å²) in [5, 5.41) is 0. The van der Waals surface area contributed by atoms with Gasteiger partial charge in [0.2, 0.25) is 5.91 Å². The molecule has 1 spiro atoms. The van der Waals surface area contributed by atoms with Gasteiger partial charge in [-0.05, 0) is 43.7 Å². The van der Waals surface area contributed by atoms with E-state index in [9.17, 15) is 4.79 Å². The van der Waals surface area contributed by atoms with Crippen molar-refractivity contribution in [3.63, 3.8) is 0 Å². The summed E-state index contributed by atoms with van der Waals surface area (Å²) in [5.74, 6) is 0.456. The molecule has 2 N–H and O–H groups in total. The predicted octanol–water partition coefficient (Wildman–Crippen LogP) is 3.00. The second-order valence-electron chi connectivity index (χ2n) is 6.85. The fourth-order valence-electron chi connectivity index (χ4n) is 4.08. The van der Waals surface area contributed by atoms with Crippen molar-refractivity contribution < 1.29 is 4.79 Å². The standard InChI is InChI=1S/C17H22N2O.ClH/c18-13-5-3-4-12(10-13)16(20)19-11-17(8-9-17)14-6-1-2-7-15(14)19;/h1-2,6-7,12-13H,3-5,8-11,18H2;1H. The number of amides is 1. The summed E-state index contributed by atoms with van der Waals surface area (Å²) in [6.45, 7) is 0.900. The zero-order valence-electron chi connectivity index (χ0n) is 12.3. The molecule has 1 heterocycles. The van der Waals surface area contributed by atoms with Crippen molar-refractivity contribution in [3.05, 3.63) is 29.8 Å². The molecule has 3 aliphatic rings. The van der Waals surface area contributed by atoms with E-state index in [4.69, 9.17) is 5.73 Å². The van der Waals surface area contributed by atoms with Gasteiger partial charge in [0.15, 0.2) is 0 Å². The van der Waals surface area contributed by atoms with Gasteiger partial charge in [-0.1, -0.05) is 24.6 Å². The van der Waals surface area contributed by atoms with Crippen LogP contribution in [-0.4, -0.2) is 18.5 Å². The molecule has 2 atom stereocenters. The van der Waals surface area contributed by atoms with E-state index in [1.807, 2.05) is 6.07 Å². The molecule has 114 valence electrons. The zero-order chi connectivity index (χ0) is 13.7. The van der Waals surface area contributed by atoms with Crippen molar-refractivity contribution in [2.24, 2.45) is 11.7 Å². The van der Waals surface area contributed by atoms with E-state index in [1.165, 1.54) is 18.4 Å². The van der Waals surface area contributed by atoms with Crippen LogP contribution in [0.1, 0.15) is 44.1 Å². The van der Waals surface area contributed by atoms with Crippen molar-refractivity contribution in [1.29, 1.82) is 0 Å². The Morgan fingerprint density at radius 3 is 2.71 bits per heavy atom. The van der Waals surface area contributed by atoms with Crippen LogP contribution in [0.5, 0.6) is 0 Å². The Bertz CT molecular complexity index is 555.